The Balaban J connectivity index is 1.35. The Labute approximate surface area is 181 Å². The van der Waals surface area contributed by atoms with Crippen molar-refractivity contribution >= 4 is 17.7 Å². The molecule has 7 nitrogen and oxygen atoms in total. The van der Waals surface area contributed by atoms with Gasteiger partial charge in [0, 0.05) is 11.6 Å². The summed E-state index contributed by atoms with van der Waals surface area (Å²) in [6.07, 6.45) is 4.69. The van der Waals surface area contributed by atoms with E-state index in [1.54, 1.807) is 29.2 Å². The van der Waals surface area contributed by atoms with Crippen molar-refractivity contribution in [1.29, 1.82) is 0 Å². The second kappa shape index (κ2) is 9.20. The Kier molecular flexibility index (Phi) is 6.21. The Morgan fingerprint density at radius 3 is 2.35 bits per heavy atom. The van der Waals surface area contributed by atoms with Gasteiger partial charge in [-0.1, -0.05) is 31.0 Å². The third kappa shape index (κ3) is 4.71. The second-order valence-electron chi connectivity index (χ2n) is 8.19. The summed E-state index contributed by atoms with van der Waals surface area (Å²) in [7, 11) is 0. The minimum atomic E-state index is -0.577. The zero-order chi connectivity index (χ0) is 21.8. The van der Waals surface area contributed by atoms with Crippen molar-refractivity contribution in [2.45, 2.75) is 44.2 Å². The highest BCUT2D eigenvalue weighted by Gasteiger charge is 2.46. The topological polar surface area (TPSA) is 102 Å². The third-order valence-electron chi connectivity index (χ3n) is 6.20. The number of carbonyl (C=O) groups is 3. The number of likely N-dealkylation sites (tertiary alicyclic amines) is 1. The minimum Gasteiger partial charge on any atom is -0.457 e. The Morgan fingerprint density at radius 1 is 0.968 bits per heavy atom. The van der Waals surface area contributed by atoms with Crippen LogP contribution in [-0.4, -0.2) is 41.2 Å². The largest absolute Gasteiger partial charge is 0.457 e. The van der Waals surface area contributed by atoms with Gasteiger partial charge in [-0.3, -0.25) is 14.4 Å². The van der Waals surface area contributed by atoms with Gasteiger partial charge in [0.1, 0.15) is 17.5 Å². The van der Waals surface area contributed by atoms with Gasteiger partial charge in [-0.15, -0.1) is 0 Å². The molecule has 2 aromatic rings. The quantitative estimate of drug-likeness (QED) is 0.749. The average Bonchev–Trinajstić information content (AvgIpc) is 3.19. The van der Waals surface area contributed by atoms with Crippen molar-refractivity contribution in [3.63, 3.8) is 0 Å². The van der Waals surface area contributed by atoms with E-state index in [0.29, 0.717) is 29.4 Å². The average molecular weight is 421 g/mol. The maximum atomic E-state index is 12.9. The van der Waals surface area contributed by atoms with Crippen LogP contribution in [0.4, 0.5) is 0 Å². The van der Waals surface area contributed by atoms with Gasteiger partial charge in [-0.05, 0) is 61.6 Å². The molecular formula is C24H27N3O4. The van der Waals surface area contributed by atoms with Crippen LogP contribution in [0.1, 0.15) is 42.5 Å². The number of ether oxygens (including phenoxy) is 1. The summed E-state index contributed by atoms with van der Waals surface area (Å²) in [5.74, 6) is 0.570. The molecule has 162 valence electrons. The molecule has 3 amide bonds. The molecule has 2 aromatic carbocycles. The number of hydrogen-bond donors (Lipinski definition) is 2. The molecule has 1 saturated heterocycles. The normalized spacial score (nSPS) is 22.5. The van der Waals surface area contributed by atoms with Crippen molar-refractivity contribution in [1.82, 2.24) is 10.2 Å². The fraction of sp³-hybridized carbons (Fsp3) is 0.375. The minimum absolute atomic E-state index is 0.0464. The molecule has 2 fully saturated rings. The molecule has 2 aliphatic rings. The van der Waals surface area contributed by atoms with Gasteiger partial charge in [0.2, 0.25) is 11.8 Å². The predicted molar refractivity (Wildman–Crippen MR) is 115 cm³/mol. The van der Waals surface area contributed by atoms with E-state index in [2.05, 4.69) is 5.32 Å². The Morgan fingerprint density at radius 2 is 1.65 bits per heavy atom. The molecule has 0 aromatic heterocycles. The van der Waals surface area contributed by atoms with Crippen LogP contribution < -0.4 is 15.8 Å². The standard InChI is InChI=1S/C24H27N3O4/c25-23(29)21-14-17-6-4-5-9-20(17)27(21)22(28)15-26-24(30)16-10-12-19(13-11-16)31-18-7-2-1-3-8-18/h1-3,7-8,10-13,17,20-21H,4-6,9,14-15H2,(H2,25,29)(H,26,30). The first-order chi connectivity index (χ1) is 15.0. The van der Waals surface area contributed by atoms with E-state index in [1.807, 2.05) is 30.3 Å². The number of benzene rings is 2. The zero-order valence-electron chi connectivity index (χ0n) is 17.3. The van der Waals surface area contributed by atoms with Gasteiger partial charge in [-0.25, -0.2) is 0 Å². The van der Waals surface area contributed by atoms with Crippen LogP contribution in [0, 0.1) is 5.92 Å². The lowest BCUT2D eigenvalue weighted by Gasteiger charge is -2.33. The van der Waals surface area contributed by atoms with Crippen molar-refractivity contribution < 1.29 is 19.1 Å². The lowest BCUT2D eigenvalue weighted by Crippen LogP contribution is -2.51. The third-order valence-corrected chi connectivity index (χ3v) is 6.20. The molecular weight excluding hydrogens is 394 g/mol. The molecule has 4 rings (SSSR count). The van der Waals surface area contributed by atoms with E-state index in [1.165, 1.54) is 0 Å². The highest BCUT2D eigenvalue weighted by atomic mass is 16.5. The van der Waals surface area contributed by atoms with Crippen molar-refractivity contribution in [3.8, 4) is 11.5 Å². The van der Waals surface area contributed by atoms with E-state index in [-0.39, 0.29) is 24.4 Å². The van der Waals surface area contributed by atoms with E-state index < -0.39 is 11.9 Å². The Hall–Kier alpha value is -3.35. The number of nitrogens with one attached hydrogen (secondary N) is 1. The highest BCUT2D eigenvalue weighted by molar-refractivity contribution is 5.97. The molecule has 3 atom stereocenters. The van der Waals surface area contributed by atoms with Crippen LogP contribution in [0.5, 0.6) is 11.5 Å². The van der Waals surface area contributed by atoms with Gasteiger partial charge in [0.05, 0.1) is 6.54 Å². The summed E-state index contributed by atoms with van der Waals surface area (Å²) in [5.41, 5.74) is 5.99. The second-order valence-corrected chi connectivity index (χ2v) is 8.19. The van der Waals surface area contributed by atoms with Crippen molar-refractivity contribution in [2.75, 3.05) is 6.54 Å². The van der Waals surface area contributed by atoms with E-state index in [9.17, 15) is 14.4 Å². The zero-order valence-corrected chi connectivity index (χ0v) is 17.3. The molecule has 1 heterocycles. The van der Waals surface area contributed by atoms with Gasteiger partial charge in [-0.2, -0.15) is 0 Å². The van der Waals surface area contributed by atoms with Crippen LogP contribution >= 0.6 is 0 Å². The molecule has 3 unspecified atom stereocenters. The summed E-state index contributed by atoms with van der Waals surface area (Å²) in [6, 6.07) is 15.6. The molecule has 0 radical (unpaired) electrons. The first-order valence-electron chi connectivity index (χ1n) is 10.7. The number of rotatable bonds is 6. The van der Waals surface area contributed by atoms with Crippen LogP contribution in [0.2, 0.25) is 0 Å². The van der Waals surface area contributed by atoms with E-state index in [0.717, 1.165) is 25.7 Å². The van der Waals surface area contributed by atoms with E-state index in [4.69, 9.17) is 10.5 Å². The summed E-state index contributed by atoms with van der Waals surface area (Å²) in [6.45, 7) is -0.159. The highest BCUT2D eigenvalue weighted by Crippen LogP contribution is 2.39. The fourth-order valence-electron chi connectivity index (χ4n) is 4.72. The summed E-state index contributed by atoms with van der Waals surface area (Å²) in [4.78, 5) is 38.9. The lowest BCUT2D eigenvalue weighted by molar-refractivity contribution is -0.138. The van der Waals surface area contributed by atoms with Gasteiger partial charge >= 0.3 is 0 Å². The molecule has 0 bridgehead atoms. The summed E-state index contributed by atoms with van der Waals surface area (Å²) < 4.78 is 5.73. The van der Waals surface area contributed by atoms with Crippen molar-refractivity contribution in [2.24, 2.45) is 11.7 Å². The molecule has 7 heteroatoms. The lowest BCUT2D eigenvalue weighted by atomic mass is 9.84. The predicted octanol–water partition coefficient (Wildman–Crippen LogP) is 2.85. The van der Waals surface area contributed by atoms with Crippen LogP contribution in [-0.2, 0) is 9.59 Å². The summed E-state index contributed by atoms with van der Waals surface area (Å²) >= 11 is 0. The van der Waals surface area contributed by atoms with Crippen molar-refractivity contribution in [3.05, 3.63) is 60.2 Å². The van der Waals surface area contributed by atoms with Crippen LogP contribution in [0.15, 0.2) is 54.6 Å². The number of hydrogen-bond acceptors (Lipinski definition) is 4. The smallest absolute Gasteiger partial charge is 0.251 e. The van der Waals surface area contributed by atoms with Crippen LogP contribution in [0.3, 0.4) is 0 Å². The molecule has 1 saturated carbocycles. The monoisotopic (exact) mass is 421 g/mol. The molecule has 1 aliphatic heterocycles. The number of para-hydroxylation sites is 1. The number of carbonyl (C=O) groups excluding carboxylic acids is 3. The fourth-order valence-corrected chi connectivity index (χ4v) is 4.72. The van der Waals surface area contributed by atoms with E-state index >= 15 is 0 Å². The van der Waals surface area contributed by atoms with Gasteiger partial charge in [0.15, 0.2) is 0 Å². The van der Waals surface area contributed by atoms with Gasteiger partial charge in [0.25, 0.3) is 5.91 Å². The SMILES string of the molecule is NC(=O)C1CC2CCCCC2N1C(=O)CNC(=O)c1ccc(Oc2ccccc2)cc1. The molecule has 3 N–H and O–H groups in total. The molecule has 1 aliphatic carbocycles. The Bertz CT molecular complexity index is 945. The number of fused-ring (bicyclic) bond motifs is 1. The maximum absolute atomic E-state index is 12.9. The molecule has 0 spiro atoms. The maximum Gasteiger partial charge on any atom is 0.251 e. The number of nitrogens with zero attached hydrogens (tertiary/aromatic N) is 1. The van der Waals surface area contributed by atoms with Crippen LogP contribution in [0.25, 0.3) is 0 Å². The number of nitrogens with two attached hydrogens (primary N) is 1. The first-order valence-corrected chi connectivity index (χ1v) is 10.7. The first kappa shape index (κ1) is 20.9. The number of primary amides is 1. The summed E-state index contributed by atoms with van der Waals surface area (Å²) in [5, 5.41) is 2.68. The number of amides is 3. The molecule has 31 heavy (non-hydrogen) atoms. The van der Waals surface area contributed by atoms with Gasteiger partial charge < -0.3 is 20.7 Å².